The van der Waals surface area contributed by atoms with Gasteiger partial charge in [0.15, 0.2) is 11.3 Å². The van der Waals surface area contributed by atoms with Crippen LogP contribution in [0, 0.1) is 6.92 Å². The van der Waals surface area contributed by atoms with Crippen LogP contribution in [0.3, 0.4) is 0 Å². The van der Waals surface area contributed by atoms with E-state index in [1.54, 1.807) is 13.0 Å². The molecule has 1 saturated heterocycles. The molecule has 2 heterocycles. The Morgan fingerprint density at radius 3 is 2.33 bits per heavy atom. The molecule has 0 saturated carbocycles. The Balaban J connectivity index is 1.72. The van der Waals surface area contributed by atoms with E-state index in [1.807, 2.05) is 60.7 Å². The molecule has 136 valence electrons. The summed E-state index contributed by atoms with van der Waals surface area (Å²) in [5, 5.41) is 6.76. The van der Waals surface area contributed by atoms with Gasteiger partial charge in [0.2, 0.25) is 0 Å². The fraction of sp³-hybridized carbons (Fsp3) is 0.190. The molecule has 1 fully saturated rings. The highest BCUT2D eigenvalue weighted by Gasteiger charge is 2.52. The van der Waals surface area contributed by atoms with Gasteiger partial charge in [0.05, 0.1) is 12.2 Å². The SMILES string of the molecule is Cc1cc(CN2C(=O)NC(Cc3ccccc3)(c3ccccc3)C2=O)on1. The van der Waals surface area contributed by atoms with Gasteiger partial charge in [-0.3, -0.25) is 9.69 Å². The maximum Gasteiger partial charge on any atom is 0.325 e. The summed E-state index contributed by atoms with van der Waals surface area (Å²) in [5.74, 6) is 0.177. The highest BCUT2D eigenvalue weighted by Crippen LogP contribution is 2.33. The molecule has 6 nitrogen and oxygen atoms in total. The molecule has 0 spiro atoms. The molecule has 1 N–H and O–H groups in total. The molecule has 1 unspecified atom stereocenters. The molecule has 0 radical (unpaired) electrons. The molecule has 1 aromatic heterocycles. The van der Waals surface area contributed by atoms with Crippen molar-refractivity contribution in [1.82, 2.24) is 15.4 Å². The summed E-state index contributed by atoms with van der Waals surface area (Å²) in [5.41, 5.74) is 1.28. The lowest BCUT2D eigenvalue weighted by Gasteiger charge is -2.27. The normalized spacial score (nSPS) is 19.4. The van der Waals surface area contributed by atoms with Gasteiger partial charge in [-0.05, 0) is 18.1 Å². The van der Waals surface area contributed by atoms with Crippen LogP contribution in [-0.2, 0) is 23.3 Å². The maximum atomic E-state index is 13.4. The second-order valence-corrected chi connectivity index (χ2v) is 6.69. The fourth-order valence-electron chi connectivity index (χ4n) is 3.46. The first-order valence-electron chi connectivity index (χ1n) is 8.74. The minimum atomic E-state index is -1.14. The smallest absolute Gasteiger partial charge is 0.325 e. The number of nitrogens with one attached hydrogen (secondary N) is 1. The number of aryl methyl sites for hydroxylation is 1. The van der Waals surface area contributed by atoms with Gasteiger partial charge >= 0.3 is 6.03 Å². The van der Waals surface area contributed by atoms with Crippen LogP contribution in [0.15, 0.2) is 71.3 Å². The number of aromatic nitrogens is 1. The number of hydrogen-bond donors (Lipinski definition) is 1. The van der Waals surface area contributed by atoms with Crippen molar-refractivity contribution in [1.29, 1.82) is 0 Å². The largest absolute Gasteiger partial charge is 0.359 e. The highest BCUT2D eigenvalue weighted by molar-refractivity contribution is 6.07. The van der Waals surface area contributed by atoms with Crippen molar-refractivity contribution in [3.05, 3.63) is 89.3 Å². The second kappa shape index (κ2) is 6.72. The van der Waals surface area contributed by atoms with Crippen molar-refractivity contribution >= 4 is 11.9 Å². The Kier molecular flexibility index (Phi) is 4.24. The number of hydrogen-bond acceptors (Lipinski definition) is 4. The van der Waals surface area contributed by atoms with E-state index < -0.39 is 11.6 Å². The molecular weight excluding hydrogens is 342 g/mol. The van der Waals surface area contributed by atoms with Gasteiger partial charge in [0.1, 0.15) is 0 Å². The summed E-state index contributed by atoms with van der Waals surface area (Å²) >= 11 is 0. The van der Waals surface area contributed by atoms with Crippen LogP contribution in [-0.4, -0.2) is 22.0 Å². The third-order valence-corrected chi connectivity index (χ3v) is 4.75. The van der Waals surface area contributed by atoms with E-state index in [9.17, 15) is 9.59 Å². The Hall–Kier alpha value is -3.41. The highest BCUT2D eigenvalue weighted by atomic mass is 16.5. The Morgan fingerprint density at radius 1 is 1.04 bits per heavy atom. The Labute approximate surface area is 156 Å². The van der Waals surface area contributed by atoms with Crippen molar-refractivity contribution in [2.45, 2.75) is 25.4 Å². The zero-order valence-electron chi connectivity index (χ0n) is 14.9. The predicted molar refractivity (Wildman–Crippen MR) is 98.6 cm³/mol. The Bertz CT molecular complexity index is 969. The van der Waals surface area contributed by atoms with Crippen molar-refractivity contribution < 1.29 is 14.1 Å². The number of rotatable bonds is 5. The summed E-state index contributed by atoms with van der Waals surface area (Å²) in [6.07, 6.45) is 0.369. The van der Waals surface area contributed by atoms with E-state index in [0.29, 0.717) is 17.9 Å². The molecular formula is C21H19N3O3. The summed E-state index contributed by atoms with van der Waals surface area (Å²) in [6.45, 7) is 1.84. The van der Waals surface area contributed by atoms with Crippen molar-refractivity contribution in [2.24, 2.45) is 0 Å². The van der Waals surface area contributed by atoms with Gasteiger partial charge in [-0.15, -0.1) is 0 Å². The third-order valence-electron chi connectivity index (χ3n) is 4.75. The molecule has 1 aliphatic rings. The van der Waals surface area contributed by atoms with Crippen LogP contribution in [0.25, 0.3) is 0 Å². The number of urea groups is 1. The zero-order valence-corrected chi connectivity index (χ0v) is 14.9. The van der Waals surface area contributed by atoms with Crippen molar-refractivity contribution in [3.8, 4) is 0 Å². The maximum absolute atomic E-state index is 13.4. The van der Waals surface area contributed by atoms with E-state index >= 15 is 0 Å². The van der Waals surface area contributed by atoms with E-state index in [2.05, 4.69) is 10.5 Å². The first-order valence-corrected chi connectivity index (χ1v) is 8.74. The number of benzene rings is 2. The fourth-order valence-corrected chi connectivity index (χ4v) is 3.46. The molecule has 3 aromatic rings. The van der Waals surface area contributed by atoms with Crippen LogP contribution in [0.4, 0.5) is 4.79 Å². The molecule has 2 aromatic carbocycles. The van der Waals surface area contributed by atoms with Crippen molar-refractivity contribution in [2.75, 3.05) is 0 Å². The topological polar surface area (TPSA) is 75.4 Å². The molecule has 0 aliphatic carbocycles. The average Bonchev–Trinajstić information content (AvgIpc) is 3.20. The van der Waals surface area contributed by atoms with Gasteiger partial charge in [-0.2, -0.15) is 0 Å². The zero-order chi connectivity index (χ0) is 18.9. The van der Waals surface area contributed by atoms with E-state index in [1.165, 1.54) is 4.90 Å². The monoisotopic (exact) mass is 361 g/mol. The summed E-state index contributed by atoms with van der Waals surface area (Å²) in [6, 6.07) is 20.3. The van der Waals surface area contributed by atoms with Crippen LogP contribution >= 0.6 is 0 Å². The quantitative estimate of drug-likeness (QED) is 0.708. The van der Waals surface area contributed by atoms with Gasteiger partial charge in [-0.1, -0.05) is 65.8 Å². The third kappa shape index (κ3) is 3.10. The van der Waals surface area contributed by atoms with Crippen LogP contribution in [0.2, 0.25) is 0 Å². The number of carbonyl (C=O) groups excluding carboxylic acids is 2. The second-order valence-electron chi connectivity index (χ2n) is 6.69. The summed E-state index contributed by atoms with van der Waals surface area (Å²) in [7, 11) is 0. The number of amides is 3. The molecule has 1 atom stereocenters. The van der Waals surface area contributed by atoms with E-state index in [-0.39, 0.29) is 12.5 Å². The molecule has 6 heteroatoms. The van der Waals surface area contributed by atoms with Crippen molar-refractivity contribution in [3.63, 3.8) is 0 Å². The van der Waals surface area contributed by atoms with E-state index in [4.69, 9.17) is 4.52 Å². The lowest BCUT2D eigenvalue weighted by Crippen LogP contribution is -2.46. The van der Waals surface area contributed by atoms with Gasteiger partial charge < -0.3 is 9.84 Å². The molecule has 4 rings (SSSR count). The molecule has 3 amide bonds. The van der Waals surface area contributed by atoms with E-state index in [0.717, 1.165) is 11.1 Å². The average molecular weight is 361 g/mol. The molecule has 1 aliphatic heterocycles. The van der Waals surface area contributed by atoms with Crippen LogP contribution < -0.4 is 5.32 Å². The summed E-state index contributed by atoms with van der Waals surface area (Å²) < 4.78 is 5.19. The minimum absolute atomic E-state index is 0.0505. The standard InChI is InChI=1S/C21H19N3O3/c1-15-12-18(27-23-15)14-24-19(25)21(22-20(24)26,17-10-6-3-7-11-17)13-16-8-4-2-5-9-16/h2-12H,13-14H2,1H3,(H,22,26). The number of nitrogens with zero attached hydrogens (tertiary/aromatic N) is 2. The first kappa shape index (κ1) is 17.0. The van der Waals surface area contributed by atoms with Gasteiger partial charge in [-0.25, -0.2) is 4.79 Å². The number of carbonyl (C=O) groups is 2. The number of imide groups is 1. The molecule has 0 bridgehead atoms. The van der Waals surface area contributed by atoms with Crippen LogP contribution in [0.1, 0.15) is 22.6 Å². The minimum Gasteiger partial charge on any atom is -0.359 e. The lowest BCUT2D eigenvalue weighted by molar-refractivity contribution is -0.132. The summed E-state index contributed by atoms with van der Waals surface area (Å²) in [4.78, 5) is 27.3. The van der Waals surface area contributed by atoms with Crippen LogP contribution in [0.5, 0.6) is 0 Å². The van der Waals surface area contributed by atoms with Gasteiger partial charge in [0, 0.05) is 12.5 Å². The Morgan fingerprint density at radius 2 is 1.70 bits per heavy atom. The lowest BCUT2D eigenvalue weighted by atomic mass is 9.83. The van der Waals surface area contributed by atoms with Gasteiger partial charge in [0.25, 0.3) is 5.91 Å². The first-order chi connectivity index (χ1) is 13.1. The predicted octanol–water partition coefficient (Wildman–Crippen LogP) is 3.17. The molecule has 27 heavy (non-hydrogen) atoms.